The minimum Gasteiger partial charge on any atom is -0.497 e. The second kappa shape index (κ2) is 7.89. The highest BCUT2D eigenvalue weighted by Crippen LogP contribution is 2.48. The van der Waals surface area contributed by atoms with Crippen molar-refractivity contribution < 1.29 is 19.1 Å². The monoisotopic (exact) mass is 423 g/mol. The Morgan fingerprint density at radius 3 is 2.61 bits per heavy atom. The Morgan fingerprint density at radius 1 is 1.16 bits per heavy atom. The van der Waals surface area contributed by atoms with Gasteiger partial charge in [0.25, 0.3) is 0 Å². The number of hydrogen-bond acceptors (Lipinski definition) is 5. The van der Waals surface area contributed by atoms with Gasteiger partial charge in [-0.1, -0.05) is 31.5 Å². The van der Waals surface area contributed by atoms with Crippen LogP contribution in [0.5, 0.6) is 11.5 Å². The van der Waals surface area contributed by atoms with Crippen molar-refractivity contribution in [3.63, 3.8) is 0 Å². The molecule has 3 atom stereocenters. The number of carbonyl (C=O) groups is 2. The Morgan fingerprint density at radius 2 is 1.94 bits per heavy atom. The van der Waals surface area contributed by atoms with Crippen LogP contribution in [0.3, 0.4) is 0 Å². The van der Waals surface area contributed by atoms with E-state index < -0.39 is 11.5 Å². The van der Waals surface area contributed by atoms with Crippen LogP contribution in [-0.2, 0) is 15.1 Å². The van der Waals surface area contributed by atoms with Gasteiger partial charge in [-0.3, -0.25) is 14.9 Å². The van der Waals surface area contributed by atoms with E-state index in [0.29, 0.717) is 23.6 Å². The zero-order chi connectivity index (χ0) is 22.3. The lowest BCUT2D eigenvalue weighted by Gasteiger charge is -2.30. The van der Waals surface area contributed by atoms with Crippen LogP contribution < -0.4 is 25.4 Å². The van der Waals surface area contributed by atoms with Crippen molar-refractivity contribution in [2.24, 2.45) is 11.8 Å². The number of carbonyl (C=O) groups excluding carboxylic acids is 2. The smallest absolute Gasteiger partial charge is 0.250 e. The van der Waals surface area contributed by atoms with Crippen LogP contribution in [0.25, 0.3) is 0 Å². The Hall–Kier alpha value is -3.06. The minimum absolute atomic E-state index is 0.0279. The number of nitrogens with one attached hydrogen (secondary N) is 3. The fourth-order valence-electron chi connectivity index (χ4n) is 4.68. The van der Waals surface area contributed by atoms with Crippen LogP contribution in [0, 0.1) is 18.8 Å². The molecule has 1 spiro atoms. The second-order valence-electron chi connectivity index (χ2n) is 8.65. The Kier molecular flexibility index (Phi) is 5.39. The van der Waals surface area contributed by atoms with Crippen molar-refractivity contribution in [1.82, 2.24) is 5.32 Å². The molecular formula is C24H29N3O4. The first kappa shape index (κ1) is 21.2. The van der Waals surface area contributed by atoms with Crippen LogP contribution in [0.1, 0.15) is 31.4 Å². The number of anilines is 2. The largest absolute Gasteiger partial charge is 0.497 e. The predicted octanol–water partition coefficient (Wildman–Crippen LogP) is 3.43. The molecule has 3 N–H and O–H groups in total. The first-order valence-corrected chi connectivity index (χ1v) is 10.5. The lowest BCUT2D eigenvalue weighted by molar-refractivity contribution is -0.130. The molecule has 2 aliphatic heterocycles. The quantitative estimate of drug-likeness (QED) is 0.686. The van der Waals surface area contributed by atoms with Gasteiger partial charge in [-0.2, -0.15) is 0 Å². The van der Waals surface area contributed by atoms with Gasteiger partial charge in [0.1, 0.15) is 17.0 Å². The fourth-order valence-corrected chi connectivity index (χ4v) is 4.68. The molecule has 2 aromatic rings. The first-order valence-electron chi connectivity index (χ1n) is 10.5. The molecule has 0 bridgehead atoms. The summed E-state index contributed by atoms with van der Waals surface area (Å²) in [6, 6.07) is 11.1. The summed E-state index contributed by atoms with van der Waals surface area (Å²) in [4.78, 5) is 27.0. The summed E-state index contributed by atoms with van der Waals surface area (Å²) in [5.41, 5.74) is 2.03. The van der Waals surface area contributed by atoms with Crippen LogP contribution >= 0.6 is 0 Å². The predicted molar refractivity (Wildman–Crippen MR) is 120 cm³/mol. The van der Waals surface area contributed by atoms with E-state index in [0.717, 1.165) is 16.8 Å². The number of amides is 2. The third-order valence-electron chi connectivity index (χ3n) is 6.42. The van der Waals surface area contributed by atoms with Crippen molar-refractivity contribution in [1.29, 1.82) is 0 Å². The van der Waals surface area contributed by atoms with Gasteiger partial charge in [-0.25, -0.2) is 0 Å². The molecule has 0 unspecified atom stereocenters. The van der Waals surface area contributed by atoms with Crippen molar-refractivity contribution >= 4 is 23.2 Å². The van der Waals surface area contributed by atoms with Gasteiger partial charge < -0.3 is 20.1 Å². The molecule has 2 amide bonds. The van der Waals surface area contributed by atoms with Crippen LogP contribution in [0.2, 0.25) is 0 Å². The molecule has 2 aromatic carbocycles. The Bertz CT molecular complexity index is 1040. The molecule has 1 saturated heterocycles. The second-order valence-corrected chi connectivity index (χ2v) is 8.65. The minimum atomic E-state index is -1.10. The third-order valence-corrected chi connectivity index (χ3v) is 6.42. The maximum absolute atomic E-state index is 13.6. The van der Waals surface area contributed by atoms with Crippen molar-refractivity contribution in [2.75, 3.05) is 24.9 Å². The Balaban J connectivity index is 1.75. The van der Waals surface area contributed by atoms with Gasteiger partial charge in [0.05, 0.1) is 25.8 Å². The summed E-state index contributed by atoms with van der Waals surface area (Å²) in [6.07, 6.45) is 0.552. The lowest BCUT2D eigenvalue weighted by Crippen LogP contribution is -2.52. The standard InChI is InChI=1S/C24H29N3O4/c1-13(2)19-12-17(22(28)25-20-11-15(30-4)7-9-21(20)31-5)24(27-19)16-10-14(3)6-8-18(16)26-23(24)29/h6-11,13,17,19,27H,12H2,1-5H3,(H,25,28)(H,26,29)/t17-,19-,24+/m0/s1. The zero-order valence-corrected chi connectivity index (χ0v) is 18.5. The van der Waals surface area contributed by atoms with Crippen LogP contribution in [0.4, 0.5) is 11.4 Å². The molecule has 4 rings (SSSR count). The average Bonchev–Trinajstić information content (AvgIpc) is 3.28. The highest BCUT2D eigenvalue weighted by Gasteiger charge is 2.60. The SMILES string of the molecule is COc1ccc(OC)c(NC(=O)[C@@H]2C[C@@H](C(C)C)N[C@@]23C(=O)Nc2ccc(C)cc23)c1. The molecule has 0 aromatic heterocycles. The number of rotatable bonds is 5. The van der Waals surface area contributed by atoms with E-state index in [2.05, 4.69) is 29.8 Å². The van der Waals surface area contributed by atoms with Gasteiger partial charge in [-0.15, -0.1) is 0 Å². The van der Waals surface area contributed by atoms with Crippen LogP contribution in [-0.4, -0.2) is 32.1 Å². The highest BCUT2D eigenvalue weighted by molar-refractivity contribution is 6.10. The van der Waals surface area contributed by atoms with Crippen molar-refractivity contribution in [3.05, 3.63) is 47.5 Å². The van der Waals surface area contributed by atoms with E-state index >= 15 is 0 Å². The number of ether oxygens (including phenoxy) is 2. The molecule has 2 heterocycles. The van der Waals surface area contributed by atoms with E-state index in [1.54, 1.807) is 32.4 Å². The summed E-state index contributed by atoms with van der Waals surface area (Å²) >= 11 is 0. The molecule has 164 valence electrons. The molecule has 0 saturated carbocycles. The first-order chi connectivity index (χ1) is 14.8. The molecule has 7 nitrogen and oxygen atoms in total. The van der Waals surface area contributed by atoms with Gasteiger partial charge >= 0.3 is 0 Å². The van der Waals surface area contributed by atoms with E-state index in [9.17, 15) is 9.59 Å². The highest BCUT2D eigenvalue weighted by atomic mass is 16.5. The topological polar surface area (TPSA) is 88.7 Å². The van der Waals surface area contributed by atoms with Crippen LogP contribution in [0.15, 0.2) is 36.4 Å². The molecular weight excluding hydrogens is 394 g/mol. The molecule has 1 fully saturated rings. The van der Waals surface area contributed by atoms with Gasteiger partial charge in [0, 0.05) is 23.4 Å². The maximum atomic E-state index is 13.6. The maximum Gasteiger partial charge on any atom is 0.250 e. The van der Waals surface area contributed by atoms with Crippen molar-refractivity contribution in [3.8, 4) is 11.5 Å². The summed E-state index contributed by atoms with van der Waals surface area (Å²) in [7, 11) is 3.12. The molecule has 0 radical (unpaired) electrons. The zero-order valence-electron chi connectivity index (χ0n) is 18.5. The van der Waals surface area contributed by atoms with Gasteiger partial charge in [-0.05, 0) is 37.5 Å². The number of aryl methyl sites for hydroxylation is 1. The van der Waals surface area contributed by atoms with Gasteiger partial charge in [0.15, 0.2) is 0 Å². The summed E-state index contributed by atoms with van der Waals surface area (Å²) < 4.78 is 10.7. The number of hydrogen-bond donors (Lipinski definition) is 3. The van der Waals surface area contributed by atoms with E-state index in [1.165, 1.54) is 0 Å². The van der Waals surface area contributed by atoms with E-state index in [-0.39, 0.29) is 23.8 Å². The summed E-state index contributed by atoms with van der Waals surface area (Å²) in [6.45, 7) is 6.18. The number of methoxy groups -OCH3 is 2. The van der Waals surface area contributed by atoms with E-state index in [1.807, 2.05) is 25.1 Å². The van der Waals surface area contributed by atoms with Gasteiger partial charge in [0.2, 0.25) is 11.8 Å². The molecule has 0 aliphatic carbocycles. The van der Waals surface area contributed by atoms with Crippen molar-refractivity contribution in [2.45, 2.75) is 38.8 Å². The molecule has 7 heteroatoms. The molecule has 31 heavy (non-hydrogen) atoms. The normalized spacial score (nSPS) is 24.3. The average molecular weight is 424 g/mol. The number of benzene rings is 2. The summed E-state index contributed by atoms with van der Waals surface area (Å²) in [5.74, 6) is 0.402. The van der Waals surface area contributed by atoms with E-state index in [4.69, 9.17) is 9.47 Å². The molecule has 2 aliphatic rings. The number of fused-ring (bicyclic) bond motifs is 2. The fraction of sp³-hybridized carbons (Fsp3) is 0.417. The summed E-state index contributed by atoms with van der Waals surface area (Å²) in [5, 5.41) is 9.51. The Labute approximate surface area is 182 Å². The third kappa shape index (κ3) is 3.43. The lowest BCUT2D eigenvalue weighted by atomic mass is 9.79.